The van der Waals surface area contributed by atoms with Gasteiger partial charge >= 0.3 is 0 Å². The summed E-state index contributed by atoms with van der Waals surface area (Å²) in [5, 5.41) is 3.17. The maximum Gasteiger partial charge on any atom is 0.241 e. The molecule has 0 radical (unpaired) electrons. The molecule has 0 saturated carbocycles. The molecule has 0 aromatic carbocycles. The van der Waals surface area contributed by atoms with E-state index in [-0.39, 0.29) is 11.9 Å². The zero-order valence-electron chi connectivity index (χ0n) is 11.4. The Morgan fingerprint density at radius 2 is 2.21 bits per heavy atom. The second-order valence-corrected chi connectivity index (χ2v) is 5.58. The molecule has 0 unspecified atom stereocenters. The second kappa shape index (κ2) is 6.35. The lowest BCUT2D eigenvalue weighted by Gasteiger charge is -2.34. The van der Waals surface area contributed by atoms with Gasteiger partial charge < -0.3 is 5.32 Å². The van der Waals surface area contributed by atoms with Gasteiger partial charge in [0.15, 0.2) is 5.15 Å². The minimum absolute atomic E-state index is 0.0237. The molecule has 4 nitrogen and oxygen atoms in total. The van der Waals surface area contributed by atoms with E-state index < -0.39 is 0 Å². The van der Waals surface area contributed by atoms with Crippen LogP contribution >= 0.6 is 11.6 Å². The lowest BCUT2D eigenvalue weighted by atomic mass is 9.98. The molecule has 1 atom stereocenters. The predicted octanol–water partition coefficient (Wildman–Crippen LogP) is 2.79. The topological polar surface area (TPSA) is 45.2 Å². The van der Waals surface area contributed by atoms with Crippen LogP contribution in [0.15, 0.2) is 18.3 Å². The fraction of sp³-hybridized carbons (Fsp3) is 0.571. The zero-order valence-corrected chi connectivity index (χ0v) is 12.2. The third-order valence-corrected chi connectivity index (χ3v) is 4.06. The summed E-state index contributed by atoms with van der Waals surface area (Å²) < 4.78 is 0. The predicted molar refractivity (Wildman–Crippen MR) is 77.3 cm³/mol. The van der Waals surface area contributed by atoms with Crippen molar-refractivity contribution in [1.82, 2.24) is 9.88 Å². The summed E-state index contributed by atoms with van der Waals surface area (Å²) in [5.41, 5.74) is 0.575. The summed E-state index contributed by atoms with van der Waals surface area (Å²) in [6.07, 6.45) is 3.92. The Labute approximate surface area is 119 Å². The third-order valence-electron chi connectivity index (χ3n) is 3.76. The molecule has 1 N–H and O–H groups in total. The van der Waals surface area contributed by atoms with Gasteiger partial charge in [-0.1, -0.05) is 18.5 Å². The molecule has 1 aliphatic rings. The molecule has 1 amide bonds. The molecule has 1 aromatic heterocycles. The first-order chi connectivity index (χ1) is 9.08. The molecule has 0 bridgehead atoms. The van der Waals surface area contributed by atoms with Crippen LogP contribution in [0.2, 0.25) is 5.15 Å². The van der Waals surface area contributed by atoms with Crippen molar-refractivity contribution >= 4 is 23.2 Å². The maximum absolute atomic E-state index is 12.2. The molecule has 104 valence electrons. The molecule has 1 fully saturated rings. The number of aromatic nitrogens is 1. The second-order valence-electron chi connectivity index (χ2n) is 5.23. The minimum atomic E-state index is -0.135. The normalized spacial score (nSPS) is 19.1. The van der Waals surface area contributed by atoms with Crippen LogP contribution in [0.25, 0.3) is 0 Å². The van der Waals surface area contributed by atoms with Crippen LogP contribution in [-0.4, -0.2) is 34.9 Å². The molecular formula is C14H20ClN3O. The summed E-state index contributed by atoms with van der Waals surface area (Å²) in [6, 6.07) is 3.39. The van der Waals surface area contributed by atoms with E-state index in [9.17, 15) is 4.79 Å². The van der Waals surface area contributed by atoms with Gasteiger partial charge in [0.2, 0.25) is 5.91 Å². The molecule has 1 aromatic rings. The molecule has 1 aliphatic heterocycles. The average molecular weight is 282 g/mol. The lowest BCUT2D eigenvalue weighted by molar-refractivity contribution is -0.121. The van der Waals surface area contributed by atoms with E-state index in [1.165, 1.54) is 0 Å². The van der Waals surface area contributed by atoms with E-state index in [0.29, 0.717) is 10.8 Å². The number of pyridine rings is 1. The van der Waals surface area contributed by atoms with Gasteiger partial charge in [0, 0.05) is 6.20 Å². The smallest absolute Gasteiger partial charge is 0.241 e. The highest BCUT2D eigenvalue weighted by molar-refractivity contribution is 6.32. The van der Waals surface area contributed by atoms with E-state index >= 15 is 0 Å². The van der Waals surface area contributed by atoms with Crippen LogP contribution in [0.1, 0.15) is 26.7 Å². The highest BCUT2D eigenvalue weighted by atomic mass is 35.5. The first-order valence-electron chi connectivity index (χ1n) is 6.73. The fourth-order valence-electron chi connectivity index (χ4n) is 2.30. The van der Waals surface area contributed by atoms with Gasteiger partial charge in [-0.05, 0) is 50.9 Å². The van der Waals surface area contributed by atoms with Crippen LogP contribution in [-0.2, 0) is 4.79 Å². The quantitative estimate of drug-likeness (QED) is 0.867. The standard InChI is InChI=1S/C14H20ClN3O/c1-10-5-8-18(9-6-10)11(2)14(19)17-12-4-3-7-16-13(12)15/h3-4,7,10-11H,5-6,8-9H2,1-2H3,(H,17,19)/t11-/m0/s1. The van der Waals surface area contributed by atoms with E-state index in [4.69, 9.17) is 11.6 Å². The Morgan fingerprint density at radius 3 is 2.84 bits per heavy atom. The molecular weight excluding hydrogens is 262 g/mol. The van der Waals surface area contributed by atoms with Crippen molar-refractivity contribution in [2.75, 3.05) is 18.4 Å². The van der Waals surface area contributed by atoms with Gasteiger partial charge in [-0.3, -0.25) is 9.69 Å². The van der Waals surface area contributed by atoms with Gasteiger partial charge in [-0.2, -0.15) is 0 Å². The Kier molecular flexibility index (Phi) is 4.77. The summed E-state index contributed by atoms with van der Waals surface area (Å²) in [7, 11) is 0. The van der Waals surface area contributed by atoms with Gasteiger partial charge in [0.1, 0.15) is 0 Å². The first-order valence-corrected chi connectivity index (χ1v) is 7.11. The van der Waals surface area contributed by atoms with Gasteiger partial charge in [0.05, 0.1) is 11.7 Å². The van der Waals surface area contributed by atoms with Crippen molar-refractivity contribution in [1.29, 1.82) is 0 Å². The average Bonchev–Trinajstić information content (AvgIpc) is 2.41. The van der Waals surface area contributed by atoms with Crippen molar-refractivity contribution in [3.05, 3.63) is 23.5 Å². The van der Waals surface area contributed by atoms with E-state index in [1.807, 2.05) is 6.92 Å². The number of amides is 1. The van der Waals surface area contributed by atoms with Crippen molar-refractivity contribution in [3.8, 4) is 0 Å². The van der Waals surface area contributed by atoms with E-state index in [1.54, 1.807) is 18.3 Å². The summed E-state index contributed by atoms with van der Waals surface area (Å²) in [4.78, 5) is 18.4. The van der Waals surface area contributed by atoms with Gasteiger partial charge in [0.25, 0.3) is 0 Å². The number of rotatable bonds is 3. The first kappa shape index (κ1) is 14.3. The van der Waals surface area contributed by atoms with Crippen LogP contribution in [0.3, 0.4) is 0 Å². The van der Waals surface area contributed by atoms with Crippen LogP contribution in [0.5, 0.6) is 0 Å². The largest absolute Gasteiger partial charge is 0.322 e. The van der Waals surface area contributed by atoms with E-state index in [2.05, 4.69) is 22.1 Å². The number of carbonyl (C=O) groups excluding carboxylic acids is 1. The number of anilines is 1. The lowest BCUT2D eigenvalue weighted by Crippen LogP contribution is -2.45. The van der Waals surface area contributed by atoms with Crippen LogP contribution in [0, 0.1) is 5.92 Å². The molecule has 19 heavy (non-hydrogen) atoms. The number of hydrogen-bond acceptors (Lipinski definition) is 3. The van der Waals surface area contributed by atoms with Crippen molar-refractivity contribution in [2.24, 2.45) is 5.92 Å². The number of likely N-dealkylation sites (tertiary alicyclic amines) is 1. The number of nitrogens with zero attached hydrogens (tertiary/aromatic N) is 2. The summed E-state index contributed by atoms with van der Waals surface area (Å²) >= 11 is 5.94. The van der Waals surface area contributed by atoms with Crippen molar-refractivity contribution in [3.63, 3.8) is 0 Å². The van der Waals surface area contributed by atoms with Gasteiger partial charge in [-0.15, -0.1) is 0 Å². The Bertz CT molecular complexity index is 444. The highest BCUT2D eigenvalue weighted by Crippen LogP contribution is 2.21. The maximum atomic E-state index is 12.2. The number of nitrogens with one attached hydrogen (secondary N) is 1. The summed E-state index contributed by atoms with van der Waals surface area (Å²) in [5.74, 6) is 0.740. The number of carbonyl (C=O) groups is 1. The minimum Gasteiger partial charge on any atom is -0.322 e. The van der Waals surface area contributed by atoms with Crippen LogP contribution < -0.4 is 5.32 Å². The molecule has 0 spiro atoms. The monoisotopic (exact) mass is 281 g/mol. The summed E-state index contributed by atoms with van der Waals surface area (Å²) in [6.45, 7) is 6.17. The van der Waals surface area contributed by atoms with E-state index in [0.717, 1.165) is 31.8 Å². The molecule has 1 saturated heterocycles. The number of halogens is 1. The number of piperidine rings is 1. The number of hydrogen-bond donors (Lipinski definition) is 1. The third kappa shape index (κ3) is 3.67. The van der Waals surface area contributed by atoms with Crippen molar-refractivity contribution < 1.29 is 4.79 Å². The molecule has 2 rings (SSSR count). The SMILES string of the molecule is CC1CCN([C@@H](C)C(=O)Nc2cccnc2Cl)CC1. The Hall–Kier alpha value is -1.13. The van der Waals surface area contributed by atoms with Crippen LogP contribution in [0.4, 0.5) is 5.69 Å². The molecule has 0 aliphatic carbocycles. The zero-order chi connectivity index (χ0) is 13.8. The molecule has 5 heteroatoms. The van der Waals surface area contributed by atoms with Gasteiger partial charge in [-0.25, -0.2) is 4.98 Å². The Balaban J connectivity index is 1.94. The highest BCUT2D eigenvalue weighted by Gasteiger charge is 2.25. The van der Waals surface area contributed by atoms with Crippen molar-refractivity contribution in [2.45, 2.75) is 32.7 Å². The Morgan fingerprint density at radius 1 is 1.53 bits per heavy atom. The fourth-order valence-corrected chi connectivity index (χ4v) is 2.46. The molecule has 2 heterocycles.